The van der Waals surface area contributed by atoms with Crippen LogP contribution in [-0.4, -0.2) is 35.6 Å². The summed E-state index contributed by atoms with van der Waals surface area (Å²) in [6.45, 7) is 1.11. The Labute approximate surface area is 70.3 Å². The molecule has 0 aromatic rings. The molecular weight excluding hydrogens is 166 g/mol. The lowest BCUT2D eigenvalue weighted by atomic mass is 10.4. The number of halogens is 1. The van der Waals surface area contributed by atoms with Crippen LogP contribution in [-0.2, 0) is 9.59 Å². The number of hydrogen-bond acceptors (Lipinski definition) is 2. The fraction of sp³-hybridized carbons (Fsp3) is 0.714. The molecule has 0 aromatic heterocycles. The van der Waals surface area contributed by atoms with Gasteiger partial charge in [-0.05, 0) is 6.42 Å². The number of carbonyl (C=O) groups is 2. The van der Waals surface area contributed by atoms with Crippen molar-refractivity contribution in [3.05, 3.63) is 0 Å². The molecule has 1 aliphatic heterocycles. The van der Waals surface area contributed by atoms with Gasteiger partial charge in [0.1, 0.15) is 11.7 Å². The highest BCUT2D eigenvalue weighted by Gasteiger charge is 2.21. The molecule has 62 valence electrons. The molecule has 4 heteroatoms. The second-order valence-corrected chi connectivity index (χ2v) is 3.16. The molecule has 0 aliphatic carbocycles. The zero-order valence-corrected chi connectivity index (χ0v) is 6.88. The number of amides is 1. The number of alkyl halides is 1. The molecule has 0 N–H and O–H groups in total. The van der Waals surface area contributed by atoms with Crippen molar-refractivity contribution in [2.75, 3.05) is 13.1 Å². The Balaban J connectivity index is 2.36. The molecule has 0 saturated carbocycles. The lowest BCUT2D eigenvalue weighted by molar-refractivity contribution is -0.127. The van der Waals surface area contributed by atoms with E-state index in [9.17, 15) is 9.59 Å². The molecule has 0 aromatic carbocycles. The van der Waals surface area contributed by atoms with Gasteiger partial charge in [-0.2, -0.15) is 0 Å². The predicted molar refractivity (Wildman–Crippen MR) is 41.5 cm³/mol. The maximum atomic E-state index is 11.0. The molecule has 1 rings (SSSR count). The van der Waals surface area contributed by atoms with Crippen molar-refractivity contribution in [1.29, 1.82) is 0 Å². The van der Waals surface area contributed by atoms with Gasteiger partial charge >= 0.3 is 0 Å². The highest BCUT2D eigenvalue weighted by Crippen LogP contribution is 2.10. The van der Waals surface area contributed by atoms with Crippen LogP contribution in [0.3, 0.4) is 0 Å². The number of nitrogens with zero attached hydrogens (tertiary/aromatic N) is 1. The van der Waals surface area contributed by atoms with E-state index in [1.807, 2.05) is 0 Å². The minimum Gasteiger partial charge on any atom is -0.341 e. The SMILES string of the molecule is O=CC(Cl)CN1CCCC1=O. The molecule has 1 atom stereocenters. The molecule has 3 nitrogen and oxygen atoms in total. The Hall–Kier alpha value is -0.570. The first-order valence-electron chi connectivity index (χ1n) is 3.61. The first-order chi connectivity index (χ1) is 5.24. The molecule has 1 saturated heterocycles. The first kappa shape index (κ1) is 8.53. The van der Waals surface area contributed by atoms with Gasteiger partial charge in [0.25, 0.3) is 0 Å². The Bertz CT molecular complexity index is 172. The van der Waals surface area contributed by atoms with Crippen molar-refractivity contribution in [3.63, 3.8) is 0 Å². The van der Waals surface area contributed by atoms with Gasteiger partial charge in [-0.25, -0.2) is 0 Å². The van der Waals surface area contributed by atoms with E-state index < -0.39 is 5.38 Å². The molecule has 1 amide bonds. The van der Waals surface area contributed by atoms with E-state index in [1.54, 1.807) is 4.90 Å². The van der Waals surface area contributed by atoms with Crippen LogP contribution in [0.2, 0.25) is 0 Å². The van der Waals surface area contributed by atoms with E-state index in [0.29, 0.717) is 19.3 Å². The third kappa shape index (κ3) is 2.19. The standard InChI is InChI=1S/C7H10ClNO2/c8-6(5-10)4-9-3-1-2-7(9)11/h5-6H,1-4H2. The molecule has 0 bridgehead atoms. The summed E-state index contributed by atoms with van der Waals surface area (Å²) in [5, 5.41) is -0.544. The Morgan fingerprint density at radius 3 is 2.91 bits per heavy atom. The molecule has 1 heterocycles. The van der Waals surface area contributed by atoms with Crippen molar-refractivity contribution in [2.24, 2.45) is 0 Å². The van der Waals surface area contributed by atoms with Gasteiger partial charge < -0.3 is 9.69 Å². The number of carbonyl (C=O) groups excluding carboxylic acids is 2. The third-order valence-electron chi connectivity index (χ3n) is 1.71. The van der Waals surface area contributed by atoms with Crippen LogP contribution in [0.1, 0.15) is 12.8 Å². The quantitative estimate of drug-likeness (QED) is 0.461. The Morgan fingerprint density at radius 1 is 1.73 bits per heavy atom. The van der Waals surface area contributed by atoms with E-state index in [2.05, 4.69) is 0 Å². The lowest BCUT2D eigenvalue weighted by Crippen LogP contribution is -2.31. The molecule has 1 fully saturated rings. The van der Waals surface area contributed by atoms with Crippen LogP contribution in [0.5, 0.6) is 0 Å². The molecule has 11 heavy (non-hydrogen) atoms. The van der Waals surface area contributed by atoms with Crippen molar-refractivity contribution in [1.82, 2.24) is 4.90 Å². The second-order valence-electron chi connectivity index (χ2n) is 2.60. The van der Waals surface area contributed by atoms with Gasteiger partial charge in [-0.15, -0.1) is 11.6 Å². The lowest BCUT2D eigenvalue weighted by Gasteiger charge is -2.15. The monoisotopic (exact) mass is 175 g/mol. The largest absolute Gasteiger partial charge is 0.341 e. The highest BCUT2D eigenvalue weighted by molar-refractivity contribution is 6.27. The van der Waals surface area contributed by atoms with Gasteiger partial charge in [-0.3, -0.25) is 4.79 Å². The maximum Gasteiger partial charge on any atom is 0.222 e. The van der Waals surface area contributed by atoms with E-state index in [4.69, 9.17) is 11.6 Å². The minimum absolute atomic E-state index is 0.109. The average Bonchev–Trinajstić information content (AvgIpc) is 2.37. The van der Waals surface area contributed by atoms with Gasteiger partial charge in [0, 0.05) is 19.5 Å². The molecule has 0 spiro atoms. The van der Waals surface area contributed by atoms with Crippen LogP contribution in [0.4, 0.5) is 0 Å². The van der Waals surface area contributed by atoms with Crippen LogP contribution in [0.25, 0.3) is 0 Å². The molecular formula is C7H10ClNO2. The number of rotatable bonds is 3. The Kier molecular flexibility index (Phi) is 2.88. The first-order valence-corrected chi connectivity index (χ1v) is 4.05. The molecule has 1 aliphatic rings. The van der Waals surface area contributed by atoms with E-state index in [0.717, 1.165) is 13.0 Å². The zero-order valence-electron chi connectivity index (χ0n) is 6.12. The van der Waals surface area contributed by atoms with Gasteiger partial charge in [0.05, 0.1) is 0 Å². The number of likely N-dealkylation sites (tertiary alicyclic amines) is 1. The normalized spacial score (nSPS) is 20.5. The highest BCUT2D eigenvalue weighted by atomic mass is 35.5. The topological polar surface area (TPSA) is 37.4 Å². The van der Waals surface area contributed by atoms with Crippen molar-refractivity contribution in [2.45, 2.75) is 18.2 Å². The van der Waals surface area contributed by atoms with Crippen LogP contribution < -0.4 is 0 Å². The summed E-state index contributed by atoms with van der Waals surface area (Å²) in [7, 11) is 0. The summed E-state index contributed by atoms with van der Waals surface area (Å²) in [5.74, 6) is 0.109. The van der Waals surface area contributed by atoms with Gasteiger partial charge in [0.2, 0.25) is 5.91 Å². The van der Waals surface area contributed by atoms with Crippen molar-refractivity contribution >= 4 is 23.8 Å². The number of hydrogen-bond donors (Lipinski definition) is 0. The number of aldehydes is 1. The summed E-state index contributed by atoms with van der Waals surface area (Å²) in [5.41, 5.74) is 0. The smallest absolute Gasteiger partial charge is 0.222 e. The fourth-order valence-corrected chi connectivity index (χ4v) is 1.32. The van der Waals surface area contributed by atoms with Crippen LogP contribution in [0, 0.1) is 0 Å². The summed E-state index contributed by atoms with van der Waals surface area (Å²) < 4.78 is 0. The van der Waals surface area contributed by atoms with E-state index >= 15 is 0 Å². The maximum absolute atomic E-state index is 11.0. The average molecular weight is 176 g/mol. The van der Waals surface area contributed by atoms with Crippen molar-refractivity contribution in [3.8, 4) is 0 Å². The molecule has 1 unspecified atom stereocenters. The predicted octanol–water partition coefficient (Wildman–Crippen LogP) is 0.415. The minimum atomic E-state index is -0.544. The summed E-state index contributed by atoms with van der Waals surface area (Å²) >= 11 is 5.55. The van der Waals surface area contributed by atoms with Crippen molar-refractivity contribution < 1.29 is 9.59 Å². The van der Waals surface area contributed by atoms with Gasteiger partial charge in [-0.1, -0.05) is 0 Å². The van der Waals surface area contributed by atoms with E-state index in [1.165, 1.54) is 0 Å². The molecule has 0 radical (unpaired) electrons. The van der Waals surface area contributed by atoms with Crippen LogP contribution >= 0.6 is 11.6 Å². The third-order valence-corrected chi connectivity index (χ3v) is 1.95. The van der Waals surface area contributed by atoms with Crippen LogP contribution in [0.15, 0.2) is 0 Å². The zero-order chi connectivity index (χ0) is 8.27. The Morgan fingerprint density at radius 2 is 2.45 bits per heavy atom. The fourth-order valence-electron chi connectivity index (χ4n) is 1.15. The second kappa shape index (κ2) is 3.72. The summed E-state index contributed by atoms with van der Waals surface area (Å²) in [4.78, 5) is 22.7. The van der Waals surface area contributed by atoms with Gasteiger partial charge in [0.15, 0.2) is 0 Å². The summed E-state index contributed by atoms with van der Waals surface area (Å²) in [6, 6.07) is 0. The van der Waals surface area contributed by atoms with E-state index in [-0.39, 0.29) is 5.91 Å². The summed E-state index contributed by atoms with van der Waals surface area (Å²) in [6.07, 6.45) is 2.15.